The Labute approximate surface area is 172 Å². The average Bonchev–Trinajstić information content (AvgIpc) is 3.12. The number of aromatic nitrogens is 5. The summed E-state index contributed by atoms with van der Waals surface area (Å²) in [5.41, 5.74) is 4.23. The van der Waals surface area contributed by atoms with E-state index >= 15 is 0 Å². The van der Waals surface area contributed by atoms with Crippen LogP contribution in [0.1, 0.15) is 0 Å². The molecule has 0 amide bonds. The van der Waals surface area contributed by atoms with E-state index in [4.69, 9.17) is 4.98 Å². The molecule has 150 valence electrons. The summed E-state index contributed by atoms with van der Waals surface area (Å²) in [6.45, 7) is 0. The van der Waals surface area contributed by atoms with E-state index in [-0.39, 0.29) is 4.90 Å². The topological polar surface area (TPSA) is 105 Å². The van der Waals surface area contributed by atoms with Gasteiger partial charge in [0.2, 0.25) is 10.0 Å². The SMILES string of the molecule is CN(C)S(=O)(=O)c1cccc(Nc2c3ccncc3nc3c2nn2cnccc32)c1. The highest BCUT2D eigenvalue weighted by atomic mass is 32.2. The van der Waals surface area contributed by atoms with Crippen LogP contribution in [-0.4, -0.2) is 51.4 Å². The summed E-state index contributed by atoms with van der Waals surface area (Å²) in [5, 5.41) is 8.83. The number of anilines is 2. The maximum Gasteiger partial charge on any atom is 0.242 e. The van der Waals surface area contributed by atoms with Crippen molar-refractivity contribution in [3.05, 3.63) is 61.3 Å². The first kappa shape index (κ1) is 18.4. The lowest BCUT2D eigenvalue weighted by atomic mass is 10.1. The second-order valence-corrected chi connectivity index (χ2v) is 9.08. The Morgan fingerprint density at radius 3 is 2.70 bits per heavy atom. The Morgan fingerprint density at radius 1 is 1.03 bits per heavy atom. The van der Waals surface area contributed by atoms with Crippen LogP contribution >= 0.6 is 0 Å². The number of hydrogen-bond donors (Lipinski definition) is 1. The minimum absolute atomic E-state index is 0.202. The molecular formula is C20H17N7O2S. The van der Waals surface area contributed by atoms with E-state index in [1.54, 1.807) is 47.6 Å². The quantitative estimate of drug-likeness (QED) is 0.477. The number of nitrogens with one attached hydrogen (secondary N) is 1. The summed E-state index contributed by atoms with van der Waals surface area (Å²) >= 11 is 0. The summed E-state index contributed by atoms with van der Waals surface area (Å²) in [6, 6.07) is 10.4. The maximum atomic E-state index is 12.5. The first-order valence-electron chi connectivity index (χ1n) is 9.10. The van der Waals surface area contributed by atoms with Gasteiger partial charge < -0.3 is 5.32 Å². The molecule has 5 aromatic rings. The number of nitrogens with zero attached hydrogens (tertiary/aromatic N) is 6. The predicted octanol–water partition coefficient (Wildman–Crippen LogP) is 2.82. The molecule has 0 aliphatic heterocycles. The number of hydrogen-bond acceptors (Lipinski definition) is 7. The zero-order valence-corrected chi connectivity index (χ0v) is 17.0. The molecule has 4 aromatic heterocycles. The Bertz CT molecular complexity index is 1530. The van der Waals surface area contributed by atoms with Crippen molar-refractivity contribution in [2.75, 3.05) is 19.4 Å². The fourth-order valence-corrected chi connectivity index (χ4v) is 4.27. The molecule has 10 heteroatoms. The largest absolute Gasteiger partial charge is 0.353 e. The van der Waals surface area contributed by atoms with Crippen LogP contribution in [0.3, 0.4) is 0 Å². The minimum Gasteiger partial charge on any atom is -0.353 e. The summed E-state index contributed by atoms with van der Waals surface area (Å²) < 4.78 is 27.9. The molecule has 0 aliphatic rings. The van der Waals surface area contributed by atoms with Crippen LogP contribution in [0, 0.1) is 0 Å². The van der Waals surface area contributed by atoms with Gasteiger partial charge in [0.1, 0.15) is 17.4 Å². The monoisotopic (exact) mass is 419 g/mol. The minimum atomic E-state index is -3.55. The normalized spacial score (nSPS) is 12.2. The predicted molar refractivity (Wildman–Crippen MR) is 114 cm³/mol. The fourth-order valence-electron chi connectivity index (χ4n) is 3.33. The van der Waals surface area contributed by atoms with Gasteiger partial charge in [0, 0.05) is 37.6 Å². The van der Waals surface area contributed by atoms with Gasteiger partial charge in [-0.15, -0.1) is 0 Å². The number of pyridine rings is 2. The molecule has 0 radical (unpaired) electrons. The van der Waals surface area contributed by atoms with Crippen molar-refractivity contribution in [2.24, 2.45) is 0 Å². The lowest BCUT2D eigenvalue weighted by molar-refractivity contribution is 0.521. The Hall–Kier alpha value is -3.63. The van der Waals surface area contributed by atoms with Crippen molar-refractivity contribution >= 4 is 48.9 Å². The number of sulfonamides is 1. The lowest BCUT2D eigenvalue weighted by Gasteiger charge is -2.14. The van der Waals surface area contributed by atoms with Crippen molar-refractivity contribution in [3.8, 4) is 0 Å². The Balaban J connectivity index is 1.74. The van der Waals surface area contributed by atoms with Crippen LogP contribution in [0.25, 0.3) is 27.5 Å². The van der Waals surface area contributed by atoms with Gasteiger partial charge in [-0.3, -0.25) is 4.98 Å². The van der Waals surface area contributed by atoms with E-state index in [1.165, 1.54) is 18.4 Å². The van der Waals surface area contributed by atoms with Crippen molar-refractivity contribution in [2.45, 2.75) is 4.90 Å². The first-order chi connectivity index (χ1) is 14.4. The molecule has 4 heterocycles. The van der Waals surface area contributed by atoms with Crippen molar-refractivity contribution in [3.63, 3.8) is 0 Å². The van der Waals surface area contributed by atoms with Gasteiger partial charge >= 0.3 is 0 Å². The molecule has 1 N–H and O–H groups in total. The van der Waals surface area contributed by atoms with Crippen LogP contribution in [0.2, 0.25) is 0 Å². The van der Waals surface area contributed by atoms with Crippen molar-refractivity contribution in [1.29, 1.82) is 0 Å². The Kier molecular flexibility index (Phi) is 4.12. The van der Waals surface area contributed by atoms with Gasteiger partial charge in [0.05, 0.1) is 27.8 Å². The first-order valence-corrected chi connectivity index (χ1v) is 10.5. The molecule has 0 fully saturated rings. The maximum absolute atomic E-state index is 12.5. The molecule has 9 nitrogen and oxygen atoms in total. The van der Waals surface area contributed by atoms with E-state index in [9.17, 15) is 8.42 Å². The molecule has 0 bridgehead atoms. The third-order valence-corrected chi connectivity index (χ3v) is 6.65. The molecule has 0 spiro atoms. The van der Waals surface area contributed by atoms with Gasteiger partial charge in [0.15, 0.2) is 0 Å². The molecular weight excluding hydrogens is 402 g/mol. The van der Waals surface area contributed by atoms with Crippen molar-refractivity contribution in [1.82, 2.24) is 28.9 Å². The van der Waals surface area contributed by atoms with Crippen LogP contribution in [0.15, 0.2) is 66.2 Å². The molecule has 5 rings (SSSR count). The van der Waals surface area contributed by atoms with E-state index in [0.717, 1.165) is 16.6 Å². The summed E-state index contributed by atoms with van der Waals surface area (Å²) in [4.78, 5) is 13.2. The van der Waals surface area contributed by atoms with Crippen LogP contribution in [-0.2, 0) is 10.0 Å². The molecule has 0 saturated heterocycles. The van der Waals surface area contributed by atoms with Crippen LogP contribution in [0.4, 0.5) is 11.4 Å². The summed E-state index contributed by atoms with van der Waals surface area (Å²) in [5.74, 6) is 0. The lowest BCUT2D eigenvalue weighted by Crippen LogP contribution is -2.22. The summed E-state index contributed by atoms with van der Waals surface area (Å²) in [6.07, 6.45) is 6.69. The van der Waals surface area contributed by atoms with Crippen molar-refractivity contribution < 1.29 is 8.42 Å². The van der Waals surface area contributed by atoms with E-state index in [1.807, 2.05) is 18.2 Å². The molecule has 1 aromatic carbocycles. The van der Waals surface area contributed by atoms with Gasteiger partial charge in [-0.25, -0.2) is 27.2 Å². The second kappa shape index (κ2) is 6.71. The third kappa shape index (κ3) is 2.85. The molecule has 0 aliphatic carbocycles. The van der Waals surface area contributed by atoms with Crippen LogP contribution in [0.5, 0.6) is 0 Å². The van der Waals surface area contributed by atoms with E-state index < -0.39 is 10.0 Å². The van der Waals surface area contributed by atoms with Crippen LogP contribution < -0.4 is 5.32 Å². The molecule has 30 heavy (non-hydrogen) atoms. The number of fused-ring (bicyclic) bond motifs is 4. The van der Waals surface area contributed by atoms with Gasteiger partial charge in [-0.05, 0) is 30.3 Å². The summed E-state index contributed by atoms with van der Waals surface area (Å²) in [7, 11) is -0.540. The number of rotatable bonds is 4. The molecule has 0 unspecified atom stereocenters. The van der Waals surface area contributed by atoms with E-state index in [0.29, 0.717) is 22.2 Å². The number of benzene rings is 1. The zero-order chi connectivity index (χ0) is 20.9. The van der Waals surface area contributed by atoms with Gasteiger partial charge in [-0.1, -0.05) is 6.07 Å². The van der Waals surface area contributed by atoms with Gasteiger partial charge in [0.25, 0.3) is 0 Å². The fraction of sp³-hybridized carbons (Fsp3) is 0.100. The average molecular weight is 419 g/mol. The standard InChI is InChI=1S/C20H17N7O2S/c1-26(2)30(28,29)14-5-3-4-13(10-14)23-18-15-6-8-21-11-16(15)24-19-17-7-9-22-12-27(17)25-20(18)19/h3-12,23H,1-2H3. The Morgan fingerprint density at radius 2 is 1.87 bits per heavy atom. The smallest absolute Gasteiger partial charge is 0.242 e. The highest BCUT2D eigenvalue weighted by Gasteiger charge is 2.19. The van der Waals surface area contributed by atoms with E-state index in [2.05, 4.69) is 20.4 Å². The second-order valence-electron chi connectivity index (χ2n) is 6.93. The molecule has 0 atom stereocenters. The van der Waals surface area contributed by atoms with Gasteiger partial charge in [-0.2, -0.15) is 5.10 Å². The highest BCUT2D eigenvalue weighted by Crippen LogP contribution is 2.34. The third-order valence-electron chi connectivity index (χ3n) is 4.84. The zero-order valence-electron chi connectivity index (χ0n) is 16.2. The highest BCUT2D eigenvalue weighted by molar-refractivity contribution is 7.89. The molecule has 0 saturated carbocycles.